The van der Waals surface area contributed by atoms with E-state index < -0.39 is 0 Å². The first-order chi connectivity index (χ1) is 16.5. The lowest BCUT2D eigenvalue weighted by Crippen LogP contribution is -2.35. The van der Waals surface area contributed by atoms with Gasteiger partial charge in [-0.25, -0.2) is 0 Å². The summed E-state index contributed by atoms with van der Waals surface area (Å²) in [6.07, 6.45) is 2.20. The molecule has 0 aromatic heterocycles. The lowest BCUT2D eigenvalue weighted by Gasteiger charge is -2.33. The van der Waals surface area contributed by atoms with Gasteiger partial charge in [0.2, 0.25) is 0 Å². The monoisotopic (exact) mass is 457 g/mol. The Morgan fingerprint density at radius 3 is 2.32 bits per heavy atom. The van der Waals surface area contributed by atoms with Crippen molar-refractivity contribution in [2.75, 3.05) is 30.4 Å². The number of methoxy groups -OCH3 is 1. The Morgan fingerprint density at radius 2 is 1.65 bits per heavy atom. The normalized spacial score (nSPS) is 13.9. The average Bonchev–Trinajstić information content (AvgIpc) is 2.88. The van der Waals surface area contributed by atoms with Crippen LogP contribution in [0.1, 0.15) is 46.0 Å². The maximum absolute atomic E-state index is 13.3. The second kappa shape index (κ2) is 10.9. The van der Waals surface area contributed by atoms with Gasteiger partial charge in [0.25, 0.3) is 11.8 Å². The standard InChI is InChI=1S/C28H31N3O3/c1-20-14-16-31(17-15-20)26-13-10-23(30-27(32)22-8-11-24(34-2)12-9-22)18-25(26)28(33)29-19-21-6-4-3-5-7-21/h3-13,18,20H,14-17,19H2,1-2H3,(H,29,33)(H,30,32). The number of piperidine rings is 1. The molecule has 176 valence electrons. The van der Waals surface area contributed by atoms with Gasteiger partial charge in [0.15, 0.2) is 0 Å². The average molecular weight is 458 g/mol. The van der Waals surface area contributed by atoms with E-state index in [1.165, 1.54) is 0 Å². The van der Waals surface area contributed by atoms with Crippen LogP contribution < -0.4 is 20.3 Å². The van der Waals surface area contributed by atoms with E-state index >= 15 is 0 Å². The van der Waals surface area contributed by atoms with Crippen molar-refractivity contribution in [1.29, 1.82) is 0 Å². The molecular weight excluding hydrogens is 426 g/mol. The molecule has 0 bridgehead atoms. The highest BCUT2D eigenvalue weighted by atomic mass is 16.5. The Labute approximate surface area is 200 Å². The molecule has 2 amide bonds. The minimum absolute atomic E-state index is 0.155. The summed E-state index contributed by atoms with van der Waals surface area (Å²) in [7, 11) is 1.59. The molecule has 1 fully saturated rings. The molecule has 0 radical (unpaired) electrons. The van der Waals surface area contributed by atoms with Crippen LogP contribution in [0.4, 0.5) is 11.4 Å². The van der Waals surface area contributed by atoms with Gasteiger partial charge in [-0.05, 0) is 66.8 Å². The highest BCUT2D eigenvalue weighted by Crippen LogP contribution is 2.29. The molecule has 6 nitrogen and oxygen atoms in total. The number of carbonyl (C=O) groups excluding carboxylic acids is 2. The molecule has 1 saturated heterocycles. The third-order valence-electron chi connectivity index (χ3n) is 6.27. The van der Waals surface area contributed by atoms with Crippen LogP contribution in [0.15, 0.2) is 72.8 Å². The minimum atomic E-state index is -0.238. The van der Waals surface area contributed by atoms with Gasteiger partial charge >= 0.3 is 0 Å². The summed E-state index contributed by atoms with van der Waals surface area (Å²) >= 11 is 0. The topological polar surface area (TPSA) is 70.7 Å². The van der Waals surface area contributed by atoms with Gasteiger partial charge in [-0.2, -0.15) is 0 Å². The highest BCUT2D eigenvalue weighted by Gasteiger charge is 2.22. The summed E-state index contributed by atoms with van der Waals surface area (Å²) in [4.78, 5) is 28.3. The maximum Gasteiger partial charge on any atom is 0.255 e. The zero-order valence-electron chi connectivity index (χ0n) is 19.7. The maximum atomic E-state index is 13.3. The number of hydrogen-bond donors (Lipinski definition) is 2. The Morgan fingerprint density at radius 1 is 0.941 bits per heavy atom. The number of ether oxygens (including phenoxy) is 1. The van der Waals surface area contributed by atoms with Gasteiger partial charge < -0.3 is 20.3 Å². The summed E-state index contributed by atoms with van der Waals surface area (Å²) in [6.45, 7) is 4.54. The van der Waals surface area contributed by atoms with E-state index in [0.29, 0.717) is 35.0 Å². The zero-order chi connectivity index (χ0) is 23.9. The van der Waals surface area contributed by atoms with Crippen LogP contribution in [0.2, 0.25) is 0 Å². The predicted octanol–water partition coefficient (Wildman–Crippen LogP) is 5.11. The smallest absolute Gasteiger partial charge is 0.255 e. The van der Waals surface area contributed by atoms with Gasteiger partial charge in [0.1, 0.15) is 5.75 Å². The van der Waals surface area contributed by atoms with Crippen molar-refractivity contribution < 1.29 is 14.3 Å². The molecule has 1 aliphatic heterocycles. The third-order valence-corrected chi connectivity index (χ3v) is 6.27. The Hall–Kier alpha value is -3.80. The summed E-state index contributed by atoms with van der Waals surface area (Å²) in [5.74, 6) is 0.986. The summed E-state index contributed by atoms with van der Waals surface area (Å²) in [5, 5.41) is 5.96. The molecule has 0 saturated carbocycles. The van der Waals surface area contributed by atoms with Gasteiger partial charge in [0.05, 0.1) is 12.7 Å². The van der Waals surface area contributed by atoms with Crippen molar-refractivity contribution in [2.24, 2.45) is 5.92 Å². The molecule has 1 aliphatic rings. The zero-order valence-corrected chi connectivity index (χ0v) is 19.7. The molecule has 34 heavy (non-hydrogen) atoms. The van der Waals surface area contributed by atoms with Crippen molar-refractivity contribution in [3.8, 4) is 5.75 Å². The molecule has 0 atom stereocenters. The number of anilines is 2. The van der Waals surface area contributed by atoms with Crippen molar-refractivity contribution in [3.05, 3.63) is 89.5 Å². The fourth-order valence-corrected chi connectivity index (χ4v) is 4.14. The fourth-order valence-electron chi connectivity index (χ4n) is 4.14. The Balaban J connectivity index is 1.55. The van der Waals surface area contributed by atoms with Crippen LogP contribution in [0.25, 0.3) is 0 Å². The molecule has 3 aromatic rings. The highest BCUT2D eigenvalue weighted by molar-refractivity contribution is 6.06. The number of rotatable bonds is 7. The van der Waals surface area contributed by atoms with Crippen LogP contribution in [0.3, 0.4) is 0 Å². The van der Waals surface area contributed by atoms with Gasteiger partial charge in [-0.3, -0.25) is 9.59 Å². The predicted molar refractivity (Wildman–Crippen MR) is 136 cm³/mol. The number of nitrogens with zero attached hydrogens (tertiary/aromatic N) is 1. The second-order valence-corrected chi connectivity index (χ2v) is 8.75. The van der Waals surface area contributed by atoms with Crippen LogP contribution in [0, 0.1) is 5.92 Å². The van der Waals surface area contributed by atoms with E-state index in [2.05, 4.69) is 22.5 Å². The van der Waals surface area contributed by atoms with Crippen molar-refractivity contribution >= 4 is 23.2 Å². The van der Waals surface area contributed by atoms with Crippen LogP contribution in [-0.2, 0) is 6.54 Å². The van der Waals surface area contributed by atoms with E-state index in [4.69, 9.17) is 4.74 Å². The van der Waals surface area contributed by atoms with Gasteiger partial charge in [-0.15, -0.1) is 0 Å². The SMILES string of the molecule is COc1ccc(C(=O)Nc2ccc(N3CCC(C)CC3)c(C(=O)NCc3ccccc3)c2)cc1. The molecule has 0 spiro atoms. The molecule has 3 aromatic carbocycles. The second-order valence-electron chi connectivity index (χ2n) is 8.75. The van der Waals surface area contributed by atoms with Crippen molar-refractivity contribution in [1.82, 2.24) is 5.32 Å². The largest absolute Gasteiger partial charge is 0.497 e. The van der Waals surface area contributed by atoms with E-state index in [1.807, 2.05) is 42.5 Å². The summed E-state index contributed by atoms with van der Waals surface area (Å²) in [6, 6.07) is 22.3. The minimum Gasteiger partial charge on any atom is -0.497 e. The Bertz CT molecular complexity index is 1120. The third kappa shape index (κ3) is 5.76. The lowest BCUT2D eigenvalue weighted by molar-refractivity contribution is 0.0950. The van der Waals surface area contributed by atoms with Crippen molar-refractivity contribution in [3.63, 3.8) is 0 Å². The quantitative estimate of drug-likeness (QED) is 0.517. The number of benzene rings is 3. The molecule has 0 unspecified atom stereocenters. The van der Waals surface area contributed by atoms with Crippen LogP contribution in [0.5, 0.6) is 5.75 Å². The van der Waals surface area contributed by atoms with Crippen LogP contribution >= 0.6 is 0 Å². The first-order valence-electron chi connectivity index (χ1n) is 11.7. The molecule has 2 N–H and O–H groups in total. The molecule has 4 rings (SSSR count). The fraction of sp³-hybridized carbons (Fsp3) is 0.286. The molecule has 6 heteroatoms. The Kier molecular flexibility index (Phi) is 7.48. The lowest BCUT2D eigenvalue weighted by atomic mass is 9.97. The number of amides is 2. The first kappa shape index (κ1) is 23.4. The number of carbonyl (C=O) groups is 2. The molecule has 0 aliphatic carbocycles. The number of nitrogens with one attached hydrogen (secondary N) is 2. The van der Waals surface area contributed by atoms with E-state index in [1.54, 1.807) is 37.4 Å². The first-order valence-corrected chi connectivity index (χ1v) is 11.7. The van der Waals surface area contributed by atoms with E-state index in [0.717, 1.165) is 37.2 Å². The van der Waals surface area contributed by atoms with Crippen molar-refractivity contribution in [2.45, 2.75) is 26.3 Å². The number of hydrogen-bond acceptors (Lipinski definition) is 4. The molecule has 1 heterocycles. The van der Waals surface area contributed by atoms with Gasteiger partial charge in [-0.1, -0.05) is 37.3 Å². The van der Waals surface area contributed by atoms with E-state index in [-0.39, 0.29) is 11.8 Å². The van der Waals surface area contributed by atoms with E-state index in [9.17, 15) is 9.59 Å². The van der Waals surface area contributed by atoms with Crippen LogP contribution in [-0.4, -0.2) is 32.0 Å². The van der Waals surface area contributed by atoms with Gasteiger partial charge in [0, 0.05) is 36.6 Å². The molecular formula is C28H31N3O3. The summed E-state index contributed by atoms with van der Waals surface area (Å²) in [5.41, 5.74) is 3.61. The summed E-state index contributed by atoms with van der Waals surface area (Å²) < 4.78 is 5.16.